The summed E-state index contributed by atoms with van der Waals surface area (Å²) in [6, 6.07) is 1.63. The minimum atomic E-state index is -4.36. The summed E-state index contributed by atoms with van der Waals surface area (Å²) in [7, 11) is 1.48. The first-order valence-corrected chi connectivity index (χ1v) is 5.06. The standard InChI is InChI=1S/C9H7F3N2S/c1-14-4-7(9(10,11)12)8(13-14)6-2-3-15-5-6/h2-5H,1H3. The van der Waals surface area contributed by atoms with Gasteiger partial charge in [-0.25, -0.2) is 0 Å². The van der Waals surface area contributed by atoms with Crippen LogP contribution in [-0.2, 0) is 13.2 Å². The molecule has 0 saturated heterocycles. The molecule has 6 heteroatoms. The van der Waals surface area contributed by atoms with Gasteiger partial charge in [0.05, 0.1) is 0 Å². The molecule has 0 unspecified atom stereocenters. The van der Waals surface area contributed by atoms with Gasteiger partial charge in [0.25, 0.3) is 0 Å². The predicted molar refractivity (Wildman–Crippen MR) is 51.5 cm³/mol. The van der Waals surface area contributed by atoms with E-state index in [0.29, 0.717) is 5.56 Å². The van der Waals surface area contributed by atoms with Gasteiger partial charge in [0, 0.05) is 24.2 Å². The lowest BCUT2D eigenvalue weighted by atomic mass is 10.1. The van der Waals surface area contributed by atoms with E-state index in [4.69, 9.17) is 0 Å². The molecule has 0 aliphatic heterocycles. The van der Waals surface area contributed by atoms with Gasteiger partial charge in [-0.2, -0.15) is 29.6 Å². The number of rotatable bonds is 1. The quantitative estimate of drug-likeness (QED) is 0.738. The van der Waals surface area contributed by atoms with Crippen LogP contribution in [0.15, 0.2) is 23.0 Å². The minimum Gasteiger partial charge on any atom is -0.275 e. The topological polar surface area (TPSA) is 17.8 Å². The molecule has 80 valence electrons. The Balaban J connectivity index is 2.57. The Morgan fingerprint density at radius 1 is 1.40 bits per heavy atom. The third kappa shape index (κ3) is 1.90. The Bertz CT molecular complexity index is 456. The highest BCUT2D eigenvalue weighted by Gasteiger charge is 2.36. The fourth-order valence-corrected chi connectivity index (χ4v) is 1.95. The zero-order valence-electron chi connectivity index (χ0n) is 7.75. The van der Waals surface area contributed by atoms with Crippen molar-refractivity contribution in [2.24, 2.45) is 7.05 Å². The molecular weight excluding hydrogens is 225 g/mol. The maximum absolute atomic E-state index is 12.6. The summed E-state index contributed by atoms with van der Waals surface area (Å²) in [5.74, 6) is 0. The first-order valence-electron chi connectivity index (χ1n) is 4.12. The van der Waals surface area contributed by atoms with Crippen LogP contribution in [-0.4, -0.2) is 9.78 Å². The molecule has 0 amide bonds. The van der Waals surface area contributed by atoms with E-state index in [1.165, 1.54) is 23.1 Å². The van der Waals surface area contributed by atoms with Crippen LogP contribution in [0.2, 0.25) is 0 Å². The van der Waals surface area contributed by atoms with E-state index in [9.17, 15) is 13.2 Å². The Hall–Kier alpha value is -1.30. The molecule has 2 aromatic heterocycles. The van der Waals surface area contributed by atoms with Gasteiger partial charge in [-0.1, -0.05) is 0 Å². The summed E-state index contributed by atoms with van der Waals surface area (Å²) in [4.78, 5) is 0. The minimum absolute atomic E-state index is 0.00810. The van der Waals surface area contributed by atoms with Crippen molar-refractivity contribution in [1.29, 1.82) is 0 Å². The van der Waals surface area contributed by atoms with Crippen molar-refractivity contribution in [1.82, 2.24) is 9.78 Å². The molecule has 0 bridgehead atoms. The number of hydrogen-bond donors (Lipinski definition) is 0. The number of hydrogen-bond acceptors (Lipinski definition) is 2. The predicted octanol–water partition coefficient (Wildman–Crippen LogP) is 3.17. The fraction of sp³-hybridized carbons (Fsp3) is 0.222. The molecule has 0 aliphatic rings. The molecule has 0 saturated carbocycles. The lowest BCUT2D eigenvalue weighted by molar-refractivity contribution is -0.137. The zero-order chi connectivity index (χ0) is 11.1. The number of halogens is 3. The van der Waals surface area contributed by atoms with E-state index in [1.807, 2.05) is 0 Å². The van der Waals surface area contributed by atoms with Gasteiger partial charge in [0.15, 0.2) is 0 Å². The molecule has 0 radical (unpaired) electrons. The Morgan fingerprint density at radius 2 is 2.13 bits per heavy atom. The molecule has 2 aromatic rings. The van der Waals surface area contributed by atoms with Crippen LogP contribution in [0.1, 0.15) is 5.56 Å². The molecule has 0 fully saturated rings. The maximum atomic E-state index is 12.6. The summed E-state index contributed by atoms with van der Waals surface area (Å²) in [6.07, 6.45) is -3.36. The van der Waals surface area contributed by atoms with Gasteiger partial charge in [0.2, 0.25) is 0 Å². The van der Waals surface area contributed by atoms with Gasteiger partial charge >= 0.3 is 6.18 Å². The lowest BCUT2D eigenvalue weighted by Crippen LogP contribution is -2.04. The number of alkyl halides is 3. The van der Waals surface area contributed by atoms with Crippen molar-refractivity contribution in [3.63, 3.8) is 0 Å². The largest absolute Gasteiger partial charge is 0.420 e. The normalized spacial score (nSPS) is 12.0. The summed E-state index contributed by atoms with van der Waals surface area (Å²) in [6.45, 7) is 0. The van der Waals surface area contributed by atoms with Gasteiger partial charge in [0.1, 0.15) is 11.3 Å². The van der Waals surface area contributed by atoms with E-state index in [-0.39, 0.29) is 5.69 Å². The van der Waals surface area contributed by atoms with E-state index in [0.717, 1.165) is 6.20 Å². The van der Waals surface area contributed by atoms with Crippen molar-refractivity contribution in [3.05, 3.63) is 28.6 Å². The molecule has 2 rings (SSSR count). The highest BCUT2D eigenvalue weighted by molar-refractivity contribution is 7.08. The first-order chi connectivity index (χ1) is 6.98. The third-order valence-corrected chi connectivity index (χ3v) is 2.61. The third-order valence-electron chi connectivity index (χ3n) is 1.93. The molecule has 0 aromatic carbocycles. The Kier molecular flexibility index (Phi) is 2.30. The second-order valence-corrected chi connectivity index (χ2v) is 3.85. The van der Waals surface area contributed by atoms with Gasteiger partial charge in [-0.15, -0.1) is 0 Å². The monoisotopic (exact) mass is 232 g/mol. The van der Waals surface area contributed by atoms with Crippen molar-refractivity contribution < 1.29 is 13.2 Å². The SMILES string of the molecule is Cn1cc(C(F)(F)F)c(-c2ccsc2)n1. The molecule has 0 N–H and O–H groups in total. The summed E-state index contributed by atoms with van der Waals surface area (Å²) in [5.41, 5.74) is -0.192. The van der Waals surface area contributed by atoms with Crippen LogP contribution < -0.4 is 0 Å². The molecule has 0 aliphatic carbocycles. The van der Waals surface area contributed by atoms with Crippen molar-refractivity contribution in [2.45, 2.75) is 6.18 Å². The van der Waals surface area contributed by atoms with Crippen molar-refractivity contribution in [2.75, 3.05) is 0 Å². The first kappa shape index (κ1) is 10.2. The average Bonchev–Trinajstić information content (AvgIpc) is 2.68. The second-order valence-electron chi connectivity index (χ2n) is 3.07. The smallest absolute Gasteiger partial charge is 0.275 e. The number of thiophene rings is 1. The molecule has 0 atom stereocenters. The average molecular weight is 232 g/mol. The van der Waals surface area contributed by atoms with E-state index in [1.54, 1.807) is 16.8 Å². The summed E-state index contributed by atoms with van der Waals surface area (Å²) >= 11 is 1.35. The van der Waals surface area contributed by atoms with Crippen LogP contribution in [0.25, 0.3) is 11.3 Å². The van der Waals surface area contributed by atoms with Crippen LogP contribution in [0.3, 0.4) is 0 Å². The highest BCUT2D eigenvalue weighted by Crippen LogP contribution is 2.36. The fourth-order valence-electron chi connectivity index (χ4n) is 1.31. The van der Waals surface area contributed by atoms with Crippen LogP contribution in [0.4, 0.5) is 13.2 Å². The van der Waals surface area contributed by atoms with Gasteiger partial charge in [-0.05, 0) is 11.4 Å². The van der Waals surface area contributed by atoms with Crippen LogP contribution >= 0.6 is 11.3 Å². The Morgan fingerprint density at radius 3 is 2.67 bits per heavy atom. The maximum Gasteiger partial charge on any atom is 0.420 e. The molecule has 0 spiro atoms. The van der Waals surface area contributed by atoms with Crippen molar-refractivity contribution in [3.8, 4) is 11.3 Å². The molecule has 15 heavy (non-hydrogen) atoms. The molecule has 2 nitrogen and oxygen atoms in total. The Labute approximate surface area is 88.0 Å². The van der Waals surface area contributed by atoms with Crippen molar-refractivity contribution >= 4 is 11.3 Å². The van der Waals surface area contributed by atoms with Crippen LogP contribution in [0.5, 0.6) is 0 Å². The zero-order valence-corrected chi connectivity index (χ0v) is 8.56. The highest BCUT2D eigenvalue weighted by atomic mass is 32.1. The lowest BCUT2D eigenvalue weighted by Gasteiger charge is -2.04. The van der Waals surface area contributed by atoms with E-state index in [2.05, 4.69) is 5.10 Å². The summed E-state index contributed by atoms with van der Waals surface area (Å²) in [5, 5.41) is 7.20. The van der Waals surface area contributed by atoms with E-state index >= 15 is 0 Å². The summed E-state index contributed by atoms with van der Waals surface area (Å²) < 4.78 is 39.0. The number of aromatic nitrogens is 2. The van der Waals surface area contributed by atoms with Gasteiger partial charge in [-0.3, -0.25) is 4.68 Å². The number of nitrogens with zero attached hydrogens (tertiary/aromatic N) is 2. The van der Waals surface area contributed by atoms with E-state index < -0.39 is 11.7 Å². The second kappa shape index (κ2) is 3.37. The molecule has 2 heterocycles. The number of aryl methyl sites for hydroxylation is 1. The van der Waals surface area contributed by atoms with Gasteiger partial charge < -0.3 is 0 Å². The molecular formula is C9H7F3N2S. The van der Waals surface area contributed by atoms with Crippen LogP contribution in [0, 0.1) is 0 Å².